The molecule has 0 aliphatic heterocycles. The molecule has 6 heteroatoms. The second-order valence-corrected chi connectivity index (χ2v) is 6.10. The molecule has 130 valence electrons. The highest BCUT2D eigenvalue weighted by atomic mass is 16.4. The fourth-order valence-corrected chi connectivity index (χ4v) is 2.73. The molecule has 2 aromatic carbocycles. The van der Waals surface area contributed by atoms with Crippen molar-refractivity contribution in [2.75, 3.05) is 10.6 Å². The summed E-state index contributed by atoms with van der Waals surface area (Å²) in [5.74, 6) is -0.381. The molecule has 3 aromatic rings. The van der Waals surface area contributed by atoms with Crippen molar-refractivity contribution < 1.29 is 9.21 Å². The third-order valence-corrected chi connectivity index (χ3v) is 4.01. The van der Waals surface area contributed by atoms with E-state index in [1.165, 1.54) is 0 Å². The first-order valence-corrected chi connectivity index (χ1v) is 8.26. The number of nitrogens with one attached hydrogen (secondary N) is 2. The van der Waals surface area contributed by atoms with Crippen LogP contribution in [0, 0.1) is 13.8 Å². The van der Waals surface area contributed by atoms with E-state index in [2.05, 4.69) is 10.6 Å². The van der Waals surface area contributed by atoms with Crippen molar-refractivity contribution in [3.8, 4) is 0 Å². The minimum absolute atomic E-state index is 0.344. The van der Waals surface area contributed by atoms with Gasteiger partial charge in [0, 0.05) is 24.0 Å². The molecule has 1 aromatic heterocycles. The molecule has 0 saturated heterocycles. The van der Waals surface area contributed by atoms with E-state index in [0.29, 0.717) is 17.8 Å². The fourth-order valence-electron chi connectivity index (χ4n) is 2.73. The van der Waals surface area contributed by atoms with Crippen LogP contribution in [-0.4, -0.2) is 10.6 Å². The van der Waals surface area contributed by atoms with E-state index in [0.717, 1.165) is 28.8 Å². The fraction of sp³-hybridized carbons (Fsp3) is 0.263. The largest absolute Gasteiger partial charge is 0.419 e. The van der Waals surface area contributed by atoms with Gasteiger partial charge in [0.1, 0.15) is 0 Å². The Morgan fingerprint density at radius 1 is 1.12 bits per heavy atom. The molecule has 0 bridgehead atoms. The number of anilines is 2. The Balaban J connectivity index is 1.79. The van der Waals surface area contributed by atoms with Crippen LogP contribution >= 0.6 is 0 Å². The molecule has 0 spiro atoms. The number of oxazole rings is 1. The van der Waals surface area contributed by atoms with E-state index in [1.807, 2.05) is 39.0 Å². The lowest BCUT2D eigenvalue weighted by Gasteiger charge is -2.10. The number of fused-ring (bicyclic) bond motifs is 1. The van der Waals surface area contributed by atoms with Crippen LogP contribution in [0.25, 0.3) is 11.1 Å². The number of carbonyl (C=O) groups excluding carboxylic acids is 1. The molecular formula is C19H21N3O3. The Hall–Kier alpha value is -3.02. The first kappa shape index (κ1) is 16.8. The summed E-state index contributed by atoms with van der Waals surface area (Å²) in [4.78, 5) is 24.1. The van der Waals surface area contributed by atoms with Gasteiger partial charge >= 0.3 is 11.8 Å². The molecule has 0 atom stereocenters. The maximum atomic E-state index is 12.2. The first-order valence-electron chi connectivity index (χ1n) is 8.26. The van der Waals surface area contributed by atoms with Crippen LogP contribution in [0.4, 0.5) is 16.2 Å². The molecule has 25 heavy (non-hydrogen) atoms. The highest BCUT2D eigenvalue weighted by Crippen LogP contribution is 2.20. The molecular weight excluding hydrogens is 318 g/mol. The van der Waals surface area contributed by atoms with Gasteiger partial charge in [-0.25, -0.2) is 9.59 Å². The molecule has 6 nitrogen and oxygen atoms in total. The van der Waals surface area contributed by atoms with Gasteiger partial charge in [-0.3, -0.25) is 4.57 Å². The van der Waals surface area contributed by atoms with Gasteiger partial charge < -0.3 is 15.1 Å². The normalized spacial score (nSPS) is 10.8. The van der Waals surface area contributed by atoms with Crippen molar-refractivity contribution in [2.24, 2.45) is 0 Å². The molecule has 0 aliphatic rings. The zero-order valence-corrected chi connectivity index (χ0v) is 14.6. The van der Waals surface area contributed by atoms with Gasteiger partial charge in [-0.1, -0.05) is 19.1 Å². The summed E-state index contributed by atoms with van der Waals surface area (Å²) in [6.45, 7) is 6.51. The van der Waals surface area contributed by atoms with Crippen LogP contribution in [0.3, 0.4) is 0 Å². The summed E-state index contributed by atoms with van der Waals surface area (Å²) in [6.07, 6.45) is 0.840. The van der Waals surface area contributed by atoms with E-state index in [4.69, 9.17) is 4.42 Å². The summed E-state index contributed by atoms with van der Waals surface area (Å²) < 4.78 is 6.86. The molecule has 3 rings (SSSR count). The highest BCUT2D eigenvalue weighted by Gasteiger charge is 2.11. The average Bonchev–Trinajstić information content (AvgIpc) is 2.86. The van der Waals surface area contributed by atoms with Crippen LogP contribution in [0.5, 0.6) is 0 Å². The van der Waals surface area contributed by atoms with Crippen LogP contribution in [-0.2, 0) is 6.54 Å². The predicted molar refractivity (Wildman–Crippen MR) is 99.3 cm³/mol. The maximum Gasteiger partial charge on any atom is 0.419 e. The molecule has 2 amide bonds. The number of carbonyl (C=O) groups is 1. The van der Waals surface area contributed by atoms with Crippen LogP contribution in [0.2, 0.25) is 0 Å². The standard InChI is InChI=1S/C19H21N3O3/c1-4-9-22-16-8-7-14(11-17(16)25-19(22)24)20-18(23)21-15-10-12(2)5-6-13(15)3/h5-8,10-11H,4,9H2,1-3H3,(H2,20,21,23). The number of aryl methyl sites for hydroxylation is 3. The van der Waals surface area contributed by atoms with Gasteiger partial charge in [-0.15, -0.1) is 0 Å². The van der Waals surface area contributed by atoms with E-state index < -0.39 is 0 Å². The van der Waals surface area contributed by atoms with Gasteiger partial charge in [0.05, 0.1) is 5.52 Å². The van der Waals surface area contributed by atoms with Gasteiger partial charge in [0.15, 0.2) is 5.58 Å². The van der Waals surface area contributed by atoms with Crippen molar-refractivity contribution in [2.45, 2.75) is 33.7 Å². The number of hydrogen-bond donors (Lipinski definition) is 2. The van der Waals surface area contributed by atoms with Gasteiger partial charge in [0.2, 0.25) is 0 Å². The summed E-state index contributed by atoms with van der Waals surface area (Å²) >= 11 is 0. The number of nitrogens with zero attached hydrogens (tertiary/aromatic N) is 1. The second kappa shape index (κ2) is 6.84. The topological polar surface area (TPSA) is 76.3 Å². The van der Waals surface area contributed by atoms with Crippen molar-refractivity contribution >= 4 is 28.5 Å². The zero-order valence-electron chi connectivity index (χ0n) is 14.6. The van der Waals surface area contributed by atoms with Crippen molar-refractivity contribution in [1.82, 2.24) is 4.57 Å². The minimum Gasteiger partial charge on any atom is -0.408 e. The van der Waals surface area contributed by atoms with E-state index >= 15 is 0 Å². The molecule has 0 saturated carbocycles. The van der Waals surface area contributed by atoms with E-state index in [-0.39, 0.29) is 11.8 Å². The van der Waals surface area contributed by atoms with Crippen LogP contribution < -0.4 is 16.4 Å². The number of rotatable bonds is 4. The van der Waals surface area contributed by atoms with Crippen LogP contribution in [0.15, 0.2) is 45.6 Å². The predicted octanol–water partition coefficient (Wildman–Crippen LogP) is 4.27. The Kier molecular flexibility index (Phi) is 4.61. The Labute approximate surface area is 145 Å². The lowest BCUT2D eigenvalue weighted by atomic mass is 10.1. The molecule has 0 aliphatic carbocycles. The molecule has 1 heterocycles. The molecule has 2 N–H and O–H groups in total. The third kappa shape index (κ3) is 3.57. The van der Waals surface area contributed by atoms with Gasteiger partial charge in [-0.05, 0) is 49.6 Å². The van der Waals surface area contributed by atoms with Crippen molar-refractivity contribution in [3.63, 3.8) is 0 Å². The summed E-state index contributed by atoms with van der Waals surface area (Å²) in [6, 6.07) is 10.7. The lowest BCUT2D eigenvalue weighted by Crippen LogP contribution is -2.20. The Morgan fingerprint density at radius 3 is 2.68 bits per heavy atom. The Morgan fingerprint density at radius 2 is 1.92 bits per heavy atom. The number of aromatic nitrogens is 1. The third-order valence-electron chi connectivity index (χ3n) is 4.01. The van der Waals surface area contributed by atoms with Gasteiger partial charge in [-0.2, -0.15) is 0 Å². The minimum atomic E-state index is -0.381. The molecule has 0 radical (unpaired) electrons. The lowest BCUT2D eigenvalue weighted by molar-refractivity contribution is 0.262. The quantitative estimate of drug-likeness (QED) is 0.745. The average molecular weight is 339 g/mol. The summed E-state index contributed by atoms with van der Waals surface area (Å²) in [7, 11) is 0. The summed E-state index contributed by atoms with van der Waals surface area (Å²) in [5, 5.41) is 5.61. The van der Waals surface area contributed by atoms with Crippen molar-refractivity contribution in [1.29, 1.82) is 0 Å². The zero-order chi connectivity index (χ0) is 18.0. The van der Waals surface area contributed by atoms with E-state index in [1.54, 1.807) is 22.8 Å². The monoisotopic (exact) mass is 339 g/mol. The molecule has 0 unspecified atom stereocenters. The number of hydrogen-bond acceptors (Lipinski definition) is 3. The Bertz CT molecular complexity index is 985. The number of urea groups is 1. The number of benzene rings is 2. The first-order chi connectivity index (χ1) is 12.0. The number of amides is 2. The summed E-state index contributed by atoms with van der Waals surface area (Å²) in [5.41, 5.74) is 4.57. The highest BCUT2D eigenvalue weighted by molar-refractivity contribution is 6.01. The molecule has 0 fully saturated rings. The second-order valence-electron chi connectivity index (χ2n) is 6.10. The maximum absolute atomic E-state index is 12.2. The van der Waals surface area contributed by atoms with Crippen molar-refractivity contribution in [3.05, 3.63) is 58.1 Å². The SMILES string of the molecule is CCCn1c(=O)oc2cc(NC(=O)Nc3cc(C)ccc3C)ccc21. The van der Waals surface area contributed by atoms with Crippen LogP contribution in [0.1, 0.15) is 24.5 Å². The smallest absolute Gasteiger partial charge is 0.408 e. The van der Waals surface area contributed by atoms with Gasteiger partial charge in [0.25, 0.3) is 0 Å². The van der Waals surface area contributed by atoms with E-state index in [9.17, 15) is 9.59 Å².